The van der Waals surface area contributed by atoms with Crippen LogP contribution in [0.15, 0.2) is 29.1 Å². The number of hydrogen-bond donors (Lipinski definition) is 2. The monoisotopic (exact) mass is 277 g/mol. The Morgan fingerprint density at radius 3 is 2.79 bits per heavy atom. The topological polar surface area (TPSA) is 92.2 Å². The number of carboxylic acid groups (broad SMARTS) is 1. The van der Waals surface area contributed by atoms with Gasteiger partial charge >= 0.3 is 5.97 Å². The Balaban J connectivity index is 1.92. The number of aromatic carboxylic acids is 1. The van der Waals surface area contributed by atoms with Crippen molar-refractivity contribution in [2.45, 2.75) is 6.42 Å². The van der Waals surface area contributed by atoms with Gasteiger partial charge in [-0.1, -0.05) is 6.07 Å². The average molecular weight is 277 g/mol. The normalized spacial score (nSPS) is 10.1. The Labute approximate surface area is 113 Å². The molecule has 0 aliphatic rings. The Morgan fingerprint density at radius 1 is 1.32 bits per heavy atom. The summed E-state index contributed by atoms with van der Waals surface area (Å²) in [5.74, 6) is -1.55. The van der Waals surface area contributed by atoms with Crippen LogP contribution in [0.5, 0.6) is 0 Å². The minimum absolute atomic E-state index is 0.0955. The van der Waals surface area contributed by atoms with Crippen molar-refractivity contribution >= 4 is 23.2 Å². The molecule has 7 heteroatoms. The van der Waals surface area contributed by atoms with Crippen LogP contribution in [0.25, 0.3) is 0 Å². The van der Waals surface area contributed by atoms with Crippen LogP contribution >= 0.6 is 11.3 Å². The molecule has 0 aliphatic carbocycles. The van der Waals surface area contributed by atoms with Crippen molar-refractivity contribution in [2.75, 3.05) is 6.54 Å². The lowest BCUT2D eigenvalue weighted by atomic mass is 10.2. The van der Waals surface area contributed by atoms with Crippen LogP contribution in [0.1, 0.15) is 26.7 Å². The lowest BCUT2D eigenvalue weighted by molar-refractivity contribution is 0.0690. The number of carboxylic acids is 1. The molecular weight excluding hydrogens is 266 g/mol. The number of rotatable bonds is 5. The lowest BCUT2D eigenvalue weighted by Crippen LogP contribution is -2.27. The van der Waals surface area contributed by atoms with E-state index in [9.17, 15) is 9.59 Å². The second-order valence-electron chi connectivity index (χ2n) is 3.70. The summed E-state index contributed by atoms with van der Waals surface area (Å²) in [4.78, 5) is 30.4. The second kappa shape index (κ2) is 6.05. The van der Waals surface area contributed by atoms with Crippen LogP contribution in [0.4, 0.5) is 0 Å². The number of carbonyl (C=O) groups is 2. The molecule has 2 N–H and O–H groups in total. The van der Waals surface area contributed by atoms with Gasteiger partial charge < -0.3 is 10.4 Å². The molecule has 98 valence electrons. The van der Waals surface area contributed by atoms with Gasteiger partial charge in [0.1, 0.15) is 11.4 Å². The van der Waals surface area contributed by atoms with E-state index in [2.05, 4.69) is 15.3 Å². The lowest BCUT2D eigenvalue weighted by Gasteiger charge is -2.04. The van der Waals surface area contributed by atoms with Crippen LogP contribution in [0.2, 0.25) is 0 Å². The summed E-state index contributed by atoms with van der Waals surface area (Å²) in [5.41, 5.74) is 2.59. The van der Waals surface area contributed by atoms with Crippen LogP contribution < -0.4 is 5.32 Å². The van der Waals surface area contributed by atoms with E-state index < -0.39 is 11.9 Å². The third kappa shape index (κ3) is 3.59. The summed E-state index contributed by atoms with van der Waals surface area (Å²) >= 11 is 1.50. The number of nitrogens with one attached hydrogen (secondary N) is 1. The molecule has 2 aromatic heterocycles. The maximum absolute atomic E-state index is 11.8. The minimum atomic E-state index is -1.16. The molecule has 0 bridgehead atoms. The third-order valence-electron chi connectivity index (χ3n) is 2.35. The largest absolute Gasteiger partial charge is 0.477 e. The molecule has 0 saturated carbocycles. The molecule has 0 spiro atoms. The first-order chi connectivity index (χ1) is 9.16. The highest BCUT2D eigenvalue weighted by Crippen LogP contribution is 2.02. The van der Waals surface area contributed by atoms with Gasteiger partial charge in [0.15, 0.2) is 0 Å². The zero-order valence-electron chi connectivity index (χ0n) is 9.87. The Morgan fingerprint density at radius 2 is 2.11 bits per heavy atom. The number of thiazole rings is 1. The SMILES string of the molecule is O=C(O)c1cccc(C(=O)NCCc2cscn2)n1. The van der Waals surface area contributed by atoms with E-state index in [0.29, 0.717) is 13.0 Å². The van der Waals surface area contributed by atoms with Gasteiger partial charge in [-0.15, -0.1) is 11.3 Å². The summed E-state index contributed by atoms with van der Waals surface area (Å²) in [7, 11) is 0. The molecule has 0 saturated heterocycles. The third-order valence-corrected chi connectivity index (χ3v) is 2.99. The van der Waals surface area contributed by atoms with Gasteiger partial charge in [0.2, 0.25) is 0 Å². The van der Waals surface area contributed by atoms with Crippen LogP contribution in [0, 0.1) is 0 Å². The van der Waals surface area contributed by atoms with E-state index in [1.54, 1.807) is 5.51 Å². The maximum atomic E-state index is 11.8. The Bertz CT molecular complexity index is 584. The molecule has 19 heavy (non-hydrogen) atoms. The smallest absolute Gasteiger partial charge is 0.354 e. The van der Waals surface area contributed by atoms with Gasteiger partial charge in [0.05, 0.1) is 11.2 Å². The fraction of sp³-hybridized carbons (Fsp3) is 0.167. The first-order valence-corrected chi connectivity index (χ1v) is 6.46. The van der Waals surface area contributed by atoms with E-state index in [1.807, 2.05) is 5.38 Å². The molecule has 0 atom stereocenters. The standard InChI is InChI=1S/C12H11N3O3S/c16-11(13-5-4-8-6-19-7-14-8)9-2-1-3-10(15-9)12(17)18/h1-3,6-7H,4-5H2,(H,13,16)(H,17,18). The molecule has 0 aromatic carbocycles. The summed E-state index contributed by atoms with van der Waals surface area (Å²) in [5, 5.41) is 13.4. The average Bonchev–Trinajstić information content (AvgIpc) is 2.92. The van der Waals surface area contributed by atoms with Crippen LogP contribution in [-0.2, 0) is 6.42 Å². The molecule has 0 unspecified atom stereocenters. The van der Waals surface area contributed by atoms with E-state index >= 15 is 0 Å². The number of pyridine rings is 1. The van der Waals surface area contributed by atoms with E-state index in [4.69, 9.17) is 5.11 Å². The van der Waals surface area contributed by atoms with Crippen molar-refractivity contribution in [3.63, 3.8) is 0 Å². The number of aromatic nitrogens is 2. The molecule has 0 fully saturated rings. The van der Waals surface area contributed by atoms with Crippen molar-refractivity contribution in [1.82, 2.24) is 15.3 Å². The second-order valence-corrected chi connectivity index (χ2v) is 4.42. The van der Waals surface area contributed by atoms with Crippen molar-refractivity contribution in [3.05, 3.63) is 46.2 Å². The molecule has 2 heterocycles. The molecule has 6 nitrogen and oxygen atoms in total. The van der Waals surface area contributed by atoms with Crippen molar-refractivity contribution in [1.29, 1.82) is 0 Å². The molecule has 2 aromatic rings. The van der Waals surface area contributed by atoms with Gasteiger partial charge in [-0.3, -0.25) is 4.79 Å². The zero-order chi connectivity index (χ0) is 13.7. The first-order valence-electron chi connectivity index (χ1n) is 5.52. The highest BCUT2D eigenvalue weighted by Gasteiger charge is 2.10. The quantitative estimate of drug-likeness (QED) is 0.857. The Hall–Kier alpha value is -2.28. The summed E-state index contributed by atoms with van der Waals surface area (Å²) in [6, 6.07) is 4.31. The van der Waals surface area contributed by atoms with E-state index in [1.165, 1.54) is 29.5 Å². The first kappa shape index (κ1) is 13.2. The van der Waals surface area contributed by atoms with Gasteiger partial charge in [0, 0.05) is 18.3 Å². The highest BCUT2D eigenvalue weighted by atomic mass is 32.1. The molecular formula is C12H11N3O3S. The predicted molar refractivity (Wildman–Crippen MR) is 69.3 cm³/mol. The number of amides is 1. The Kier molecular flexibility index (Phi) is 4.19. The van der Waals surface area contributed by atoms with Gasteiger partial charge in [-0.2, -0.15) is 0 Å². The number of hydrogen-bond acceptors (Lipinski definition) is 5. The summed E-state index contributed by atoms with van der Waals surface area (Å²) in [6.07, 6.45) is 0.633. The number of nitrogens with zero attached hydrogens (tertiary/aromatic N) is 2. The van der Waals surface area contributed by atoms with Crippen molar-refractivity contribution < 1.29 is 14.7 Å². The van der Waals surface area contributed by atoms with Crippen molar-refractivity contribution in [3.8, 4) is 0 Å². The predicted octanol–water partition coefficient (Wildman–Crippen LogP) is 1.21. The molecule has 0 radical (unpaired) electrons. The van der Waals surface area contributed by atoms with Crippen LogP contribution in [-0.4, -0.2) is 33.5 Å². The molecule has 1 amide bonds. The van der Waals surface area contributed by atoms with Crippen molar-refractivity contribution in [2.24, 2.45) is 0 Å². The molecule has 2 rings (SSSR count). The number of carbonyl (C=O) groups excluding carboxylic acids is 1. The van der Waals surface area contributed by atoms with Gasteiger partial charge in [0.25, 0.3) is 5.91 Å². The minimum Gasteiger partial charge on any atom is -0.477 e. The zero-order valence-corrected chi connectivity index (χ0v) is 10.7. The summed E-state index contributed by atoms with van der Waals surface area (Å²) in [6.45, 7) is 0.432. The maximum Gasteiger partial charge on any atom is 0.354 e. The highest BCUT2D eigenvalue weighted by molar-refractivity contribution is 7.07. The van der Waals surface area contributed by atoms with Crippen LogP contribution in [0.3, 0.4) is 0 Å². The van der Waals surface area contributed by atoms with E-state index in [-0.39, 0.29) is 11.4 Å². The summed E-state index contributed by atoms with van der Waals surface area (Å²) < 4.78 is 0. The molecule has 0 aliphatic heterocycles. The van der Waals surface area contributed by atoms with Gasteiger partial charge in [-0.05, 0) is 12.1 Å². The van der Waals surface area contributed by atoms with E-state index in [0.717, 1.165) is 5.69 Å². The fourth-order valence-corrected chi connectivity index (χ4v) is 2.03. The fourth-order valence-electron chi connectivity index (χ4n) is 1.44. The van der Waals surface area contributed by atoms with Gasteiger partial charge in [-0.25, -0.2) is 14.8 Å².